The third-order valence-electron chi connectivity index (χ3n) is 4.08. The average molecular weight is 362 g/mol. The van der Waals surface area contributed by atoms with Crippen LogP contribution in [0.5, 0.6) is 5.88 Å². The van der Waals surface area contributed by atoms with E-state index in [2.05, 4.69) is 10.1 Å². The number of anilines is 1. The minimum absolute atomic E-state index is 0.632. The lowest BCUT2D eigenvalue weighted by molar-refractivity contribution is 0.387. The molecule has 4 rings (SSSR count). The maximum atomic E-state index is 6.02. The molecule has 26 heavy (non-hydrogen) atoms. The third kappa shape index (κ3) is 3.11. The van der Waals surface area contributed by atoms with Crippen molar-refractivity contribution >= 4 is 23.1 Å². The molecule has 0 atom stereocenters. The van der Waals surface area contributed by atoms with E-state index in [0.717, 1.165) is 38.9 Å². The molecule has 0 unspecified atom stereocenters. The fourth-order valence-corrected chi connectivity index (χ4v) is 3.63. The van der Waals surface area contributed by atoms with Crippen molar-refractivity contribution in [2.24, 2.45) is 0 Å². The average Bonchev–Trinajstić information content (AvgIpc) is 3.06. The van der Waals surface area contributed by atoms with E-state index >= 15 is 0 Å². The van der Waals surface area contributed by atoms with Crippen LogP contribution >= 0.6 is 11.8 Å². The summed E-state index contributed by atoms with van der Waals surface area (Å²) in [6.07, 6.45) is 0. The van der Waals surface area contributed by atoms with Gasteiger partial charge in [0.05, 0.1) is 7.11 Å². The summed E-state index contributed by atoms with van der Waals surface area (Å²) in [5.74, 6) is 1.39. The van der Waals surface area contributed by atoms with Gasteiger partial charge in [-0.25, -0.2) is 4.98 Å². The molecule has 2 aromatic heterocycles. The quantitative estimate of drug-likeness (QED) is 0.424. The normalized spacial score (nSPS) is 11.0. The molecule has 0 spiro atoms. The fraction of sp³-hybridized carbons (Fsp3) is 0.100. The lowest BCUT2D eigenvalue weighted by Gasteiger charge is -2.06. The van der Waals surface area contributed by atoms with Gasteiger partial charge in [-0.2, -0.15) is 9.61 Å². The molecular weight excluding hydrogens is 344 g/mol. The summed E-state index contributed by atoms with van der Waals surface area (Å²) < 4.78 is 7.35. The van der Waals surface area contributed by atoms with Crippen LogP contribution in [0.1, 0.15) is 5.56 Å². The molecule has 6 heteroatoms. The first kappa shape index (κ1) is 16.5. The summed E-state index contributed by atoms with van der Waals surface area (Å²) in [6, 6.07) is 21.8. The molecule has 0 aliphatic heterocycles. The predicted molar refractivity (Wildman–Crippen MR) is 105 cm³/mol. The number of rotatable bonds is 5. The first-order valence-corrected chi connectivity index (χ1v) is 9.20. The van der Waals surface area contributed by atoms with Gasteiger partial charge in [-0.15, -0.1) is 0 Å². The minimum Gasteiger partial charge on any atom is -0.479 e. The van der Waals surface area contributed by atoms with Gasteiger partial charge in [-0.05, 0) is 23.8 Å². The highest BCUT2D eigenvalue weighted by molar-refractivity contribution is 7.98. The van der Waals surface area contributed by atoms with Crippen molar-refractivity contribution in [3.05, 3.63) is 72.3 Å². The Bertz CT molecular complexity index is 1050. The Labute approximate surface area is 155 Å². The molecular formula is C20H18N4OS. The minimum atomic E-state index is 0.632. The largest absolute Gasteiger partial charge is 0.479 e. The number of imidazole rings is 1. The summed E-state index contributed by atoms with van der Waals surface area (Å²) >= 11 is 1.63. The molecule has 5 nitrogen and oxygen atoms in total. The number of aromatic nitrogens is 3. The Hall–Kier alpha value is -2.99. The second-order valence-electron chi connectivity index (χ2n) is 5.76. The van der Waals surface area contributed by atoms with E-state index in [1.54, 1.807) is 23.4 Å². The van der Waals surface area contributed by atoms with Crippen molar-refractivity contribution < 1.29 is 4.74 Å². The number of hydrogen-bond acceptors (Lipinski definition) is 5. The standard InChI is InChI=1S/C20H18N4OS/c1-25-20-19(14-7-3-2-4-8-14)22-17-11-12-18(23-24(17)20)26-13-15-9-5-6-10-16(15)21/h2-12H,13,21H2,1H3. The van der Waals surface area contributed by atoms with Gasteiger partial charge in [0.2, 0.25) is 5.88 Å². The topological polar surface area (TPSA) is 65.4 Å². The number of ether oxygens (including phenoxy) is 1. The number of nitrogens with zero attached hydrogens (tertiary/aromatic N) is 3. The molecule has 0 amide bonds. The zero-order chi connectivity index (χ0) is 17.9. The second kappa shape index (κ2) is 7.09. The summed E-state index contributed by atoms with van der Waals surface area (Å²) in [4.78, 5) is 4.67. The van der Waals surface area contributed by atoms with Gasteiger partial charge in [0.1, 0.15) is 10.7 Å². The Morgan fingerprint density at radius 2 is 1.77 bits per heavy atom. The Kier molecular flexibility index (Phi) is 4.50. The number of fused-ring (bicyclic) bond motifs is 1. The molecule has 2 aromatic carbocycles. The van der Waals surface area contributed by atoms with Crippen molar-refractivity contribution in [1.29, 1.82) is 0 Å². The molecule has 0 fully saturated rings. The van der Waals surface area contributed by atoms with Crippen molar-refractivity contribution in [3.8, 4) is 17.1 Å². The molecule has 2 heterocycles. The monoisotopic (exact) mass is 362 g/mol. The summed E-state index contributed by atoms with van der Waals surface area (Å²) in [5, 5.41) is 5.57. The molecule has 0 aliphatic rings. The van der Waals surface area contributed by atoms with E-state index in [1.807, 2.05) is 66.7 Å². The Morgan fingerprint density at radius 3 is 2.54 bits per heavy atom. The van der Waals surface area contributed by atoms with Crippen LogP contribution in [0.4, 0.5) is 5.69 Å². The zero-order valence-electron chi connectivity index (χ0n) is 14.3. The van der Waals surface area contributed by atoms with Gasteiger partial charge in [-0.3, -0.25) is 0 Å². The van der Waals surface area contributed by atoms with Crippen molar-refractivity contribution in [2.75, 3.05) is 12.8 Å². The molecule has 0 saturated heterocycles. The van der Waals surface area contributed by atoms with Crippen LogP contribution in [0.25, 0.3) is 16.9 Å². The van der Waals surface area contributed by atoms with Crippen LogP contribution in [0.3, 0.4) is 0 Å². The Morgan fingerprint density at radius 1 is 1.00 bits per heavy atom. The van der Waals surface area contributed by atoms with Gasteiger partial charge < -0.3 is 10.5 Å². The lowest BCUT2D eigenvalue weighted by atomic mass is 10.2. The van der Waals surface area contributed by atoms with Gasteiger partial charge in [0, 0.05) is 17.0 Å². The number of benzene rings is 2. The Balaban J connectivity index is 1.67. The highest BCUT2D eigenvalue weighted by Gasteiger charge is 2.16. The smallest absolute Gasteiger partial charge is 0.243 e. The molecule has 130 valence electrons. The molecule has 4 aromatic rings. The van der Waals surface area contributed by atoms with E-state index in [-0.39, 0.29) is 0 Å². The number of nitrogen functional groups attached to an aromatic ring is 1. The molecule has 0 radical (unpaired) electrons. The first-order valence-electron chi connectivity index (χ1n) is 8.21. The highest BCUT2D eigenvalue weighted by atomic mass is 32.2. The van der Waals surface area contributed by atoms with Crippen LogP contribution in [0, 0.1) is 0 Å². The number of methoxy groups -OCH3 is 1. The van der Waals surface area contributed by atoms with Crippen LogP contribution in [-0.4, -0.2) is 21.7 Å². The van der Waals surface area contributed by atoms with Crippen molar-refractivity contribution in [2.45, 2.75) is 10.8 Å². The summed E-state index contributed by atoms with van der Waals surface area (Å²) in [6.45, 7) is 0. The van der Waals surface area contributed by atoms with Gasteiger partial charge in [0.15, 0.2) is 5.65 Å². The highest BCUT2D eigenvalue weighted by Crippen LogP contribution is 2.31. The van der Waals surface area contributed by atoms with E-state index < -0.39 is 0 Å². The number of para-hydroxylation sites is 1. The van der Waals surface area contributed by atoms with Crippen LogP contribution in [0.15, 0.2) is 71.8 Å². The van der Waals surface area contributed by atoms with Crippen molar-refractivity contribution in [1.82, 2.24) is 14.6 Å². The first-order chi connectivity index (χ1) is 12.8. The van der Waals surface area contributed by atoms with Gasteiger partial charge in [-0.1, -0.05) is 60.3 Å². The molecule has 0 saturated carbocycles. The van der Waals surface area contributed by atoms with E-state index in [9.17, 15) is 0 Å². The molecule has 0 aliphatic carbocycles. The number of nitrogens with two attached hydrogens (primary N) is 1. The number of thioether (sulfide) groups is 1. The van der Waals surface area contributed by atoms with Crippen molar-refractivity contribution in [3.63, 3.8) is 0 Å². The maximum absolute atomic E-state index is 6.02. The third-order valence-corrected chi connectivity index (χ3v) is 5.05. The second-order valence-corrected chi connectivity index (χ2v) is 6.76. The lowest BCUT2D eigenvalue weighted by Crippen LogP contribution is -1.98. The van der Waals surface area contributed by atoms with Gasteiger partial charge in [0.25, 0.3) is 0 Å². The van der Waals surface area contributed by atoms with Crippen LogP contribution in [0.2, 0.25) is 0 Å². The molecule has 2 N–H and O–H groups in total. The zero-order valence-corrected chi connectivity index (χ0v) is 15.1. The molecule has 0 bridgehead atoms. The van der Waals surface area contributed by atoms with Gasteiger partial charge >= 0.3 is 0 Å². The SMILES string of the molecule is COc1c(-c2ccccc2)nc2ccc(SCc3ccccc3N)nn12. The fourth-order valence-electron chi connectivity index (χ4n) is 2.76. The van der Waals surface area contributed by atoms with E-state index in [4.69, 9.17) is 10.5 Å². The summed E-state index contributed by atoms with van der Waals surface area (Å²) in [5.41, 5.74) is 10.5. The van der Waals surface area contributed by atoms with Crippen LogP contribution in [-0.2, 0) is 5.75 Å². The van der Waals surface area contributed by atoms with Crippen LogP contribution < -0.4 is 10.5 Å². The van der Waals surface area contributed by atoms with E-state index in [1.165, 1.54) is 0 Å². The van der Waals surface area contributed by atoms with E-state index in [0.29, 0.717) is 5.88 Å². The maximum Gasteiger partial charge on any atom is 0.243 e. The summed E-state index contributed by atoms with van der Waals surface area (Å²) in [7, 11) is 1.64. The predicted octanol–water partition coefficient (Wildman–Crippen LogP) is 4.28. The number of hydrogen-bond donors (Lipinski definition) is 1.